The minimum atomic E-state index is -3.66. The Bertz CT molecular complexity index is 2030. The Morgan fingerprint density at radius 3 is 1.21 bits per heavy atom. The maximum atomic E-state index is 11.9. The lowest BCUT2D eigenvalue weighted by atomic mass is 10.1. The number of esters is 2. The molecule has 3 N–H and O–H groups in total. The molecule has 0 heterocycles. The fourth-order valence-corrected chi connectivity index (χ4v) is 6.86. The molecule has 25 heteroatoms. The van der Waals surface area contributed by atoms with E-state index in [1.54, 1.807) is 62.4 Å². The van der Waals surface area contributed by atoms with Crippen LogP contribution in [0, 0.1) is 32.1 Å². The van der Waals surface area contributed by atoms with Gasteiger partial charge < -0.3 is 53.6 Å². The van der Waals surface area contributed by atoms with Crippen molar-refractivity contribution in [2.45, 2.75) is 86.7 Å². The summed E-state index contributed by atoms with van der Waals surface area (Å²) in [4.78, 5) is 48.8. The number of carbonyl (C=O) groups excluding carboxylic acids is 2. The molecule has 0 aromatic heterocycles. The van der Waals surface area contributed by atoms with Crippen molar-refractivity contribution >= 4 is 49.2 Å². The lowest BCUT2D eigenvalue weighted by molar-refractivity contribution is -0.635. The molecular weight excluding hydrogens is 982 g/mol. The number of hydrogen-bond acceptors (Lipinski definition) is 19. The van der Waals surface area contributed by atoms with E-state index < -0.39 is 42.6 Å². The van der Waals surface area contributed by atoms with Crippen molar-refractivity contribution in [2.75, 3.05) is 27.4 Å². The van der Waals surface area contributed by atoms with Crippen LogP contribution in [0.5, 0.6) is 23.0 Å². The Kier molecular flexibility index (Phi) is 35.3. The molecule has 0 aliphatic heterocycles. The number of hydrogen-bond donors (Lipinski definition) is 2. The molecule has 4 rings (SSSR count). The summed E-state index contributed by atoms with van der Waals surface area (Å²) in [5.41, 5.74) is 5.20. The average Bonchev–Trinajstić information content (AvgIpc) is 3.35. The van der Waals surface area contributed by atoms with Crippen LogP contribution < -0.4 is 40.2 Å². The van der Waals surface area contributed by atoms with Gasteiger partial charge in [-0.3, -0.25) is 29.8 Å². The fourth-order valence-electron chi connectivity index (χ4n) is 4.65. The third-order valence-electron chi connectivity index (χ3n) is 8.99. The number of ether oxygens (including phenoxy) is 2. The van der Waals surface area contributed by atoms with Gasteiger partial charge in [-0.05, 0) is 74.2 Å². The van der Waals surface area contributed by atoms with E-state index in [4.69, 9.17) is 44.5 Å². The van der Waals surface area contributed by atoms with Crippen LogP contribution in [0.2, 0.25) is 0 Å². The number of nitrogens with zero attached hydrogens (tertiary/aromatic N) is 2. The van der Waals surface area contributed by atoms with E-state index in [-0.39, 0.29) is 36.3 Å². The zero-order chi connectivity index (χ0) is 52.4. The zero-order valence-corrected chi connectivity index (χ0v) is 42.1. The maximum absolute atomic E-state index is 11.9. The number of nitro groups is 2. The molecule has 0 unspecified atom stereocenters. The second-order valence-corrected chi connectivity index (χ2v) is 18.5. The van der Waals surface area contributed by atoms with Crippen LogP contribution in [0.3, 0.4) is 0 Å². The molecular formula is C45H65ClN4O18P2-2. The number of nitro benzene ring substituents is 2. The highest BCUT2D eigenvalue weighted by molar-refractivity contribution is 7.82. The van der Waals surface area contributed by atoms with E-state index in [1.165, 1.54) is 62.8 Å². The van der Waals surface area contributed by atoms with Crippen molar-refractivity contribution < 1.29 is 76.4 Å². The Labute approximate surface area is 413 Å². The summed E-state index contributed by atoms with van der Waals surface area (Å²) in [7, 11) is -0.904. The van der Waals surface area contributed by atoms with Crippen molar-refractivity contribution in [1.29, 1.82) is 0 Å². The highest BCUT2D eigenvalue weighted by atomic mass is 35.7. The zero-order valence-electron chi connectivity index (χ0n) is 39.5. The molecule has 0 bridgehead atoms. The summed E-state index contributed by atoms with van der Waals surface area (Å²) < 4.78 is 53.3. The van der Waals surface area contributed by atoms with E-state index in [0.29, 0.717) is 36.5 Å². The van der Waals surface area contributed by atoms with Crippen LogP contribution in [-0.4, -0.2) is 61.3 Å². The number of nitrogens with two attached hydrogens (primary N) is 1. The molecule has 4 aromatic carbocycles. The highest BCUT2D eigenvalue weighted by Crippen LogP contribution is 2.53. The van der Waals surface area contributed by atoms with Gasteiger partial charge in [0.1, 0.15) is 35.1 Å². The van der Waals surface area contributed by atoms with Gasteiger partial charge >= 0.3 is 26.6 Å². The Hall–Kier alpha value is -5.67. The van der Waals surface area contributed by atoms with Crippen LogP contribution in [0.15, 0.2) is 109 Å². The summed E-state index contributed by atoms with van der Waals surface area (Å²) in [5.74, 6) is 1.01. The molecule has 392 valence electrons. The molecule has 0 aliphatic carbocycles. The first-order chi connectivity index (χ1) is 32.7. The van der Waals surface area contributed by atoms with Gasteiger partial charge in [0.15, 0.2) is 0 Å². The maximum Gasteiger partial charge on any atom is 0.530 e. The van der Waals surface area contributed by atoms with E-state index in [2.05, 4.69) is 28.7 Å². The number of non-ortho nitro benzene ring substituents is 2. The summed E-state index contributed by atoms with van der Waals surface area (Å²) in [6, 6.07) is 25.8. The van der Waals surface area contributed by atoms with Gasteiger partial charge in [0.25, 0.3) is 11.4 Å². The second kappa shape index (κ2) is 37.2. The van der Waals surface area contributed by atoms with Crippen molar-refractivity contribution in [3.05, 3.63) is 129 Å². The van der Waals surface area contributed by atoms with Crippen molar-refractivity contribution in [3.63, 3.8) is 0 Å². The number of halogens is 1. The van der Waals surface area contributed by atoms with E-state index >= 15 is 0 Å². The molecule has 0 aliphatic rings. The lowest BCUT2D eigenvalue weighted by Crippen LogP contribution is -2.34. The third-order valence-corrected chi connectivity index (χ3v) is 11.9. The minimum absolute atomic E-state index is 0. The number of benzene rings is 4. The van der Waals surface area contributed by atoms with E-state index in [9.17, 15) is 49.5 Å². The topological polar surface area (TPSA) is 313 Å². The first-order valence-electron chi connectivity index (χ1n) is 21.1. The summed E-state index contributed by atoms with van der Waals surface area (Å²) >= 11 is 5.72. The normalized spacial score (nSPS) is 11.3. The first kappa shape index (κ1) is 66.4. The summed E-state index contributed by atoms with van der Waals surface area (Å²) in [5, 5.41) is 42.1. The predicted octanol–water partition coefficient (Wildman–Crippen LogP) is 9.28. The first-order valence-corrected chi connectivity index (χ1v) is 25.1. The minimum Gasteiger partial charge on any atom is -0.664 e. The quantitative estimate of drug-likeness (QED) is 0.0243. The van der Waals surface area contributed by atoms with Crippen LogP contribution >= 0.6 is 25.9 Å². The van der Waals surface area contributed by atoms with Crippen LogP contribution in [0.25, 0.3) is 0 Å². The van der Waals surface area contributed by atoms with Gasteiger partial charge in [-0.15, -0.1) is 0 Å². The van der Waals surface area contributed by atoms with Gasteiger partial charge in [0, 0.05) is 49.7 Å². The van der Waals surface area contributed by atoms with Gasteiger partial charge in [0.05, 0.1) is 23.1 Å². The van der Waals surface area contributed by atoms with Crippen LogP contribution in [0.1, 0.15) is 74.7 Å². The number of nitrogens with one attached hydrogen (secondary N) is 1. The molecule has 0 spiro atoms. The van der Waals surface area contributed by atoms with Crippen molar-refractivity contribution in [1.82, 2.24) is 5.09 Å². The third kappa shape index (κ3) is 29.4. The monoisotopic (exact) mass is 1050 g/mol. The predicted molar refractivity (Wildman–Crippen MR) is 260 cm³/mol. The smallest absolute Gasteiger partial charge is 0.530 e. The largest absolute Gasteiger partial charge is 0.664 e. The van der Waals surface area contributed by atoms with Gasteiger partial charge in [-0.25, -0.2) is 14.2 Å². The summed E-state index contributed by atoms with van der Waals surface area (Å²) in [6.07, 6.45) is 4.01. The Morgan fingerprint density at radius 2 is 0.943 bits per heavy atom. The molecule has 0 saturated heterocycles. The molecule has 2 atom stereocenters. The van der Waals surface area contributed by atoms with Crippen molar-refractivity contribution in [2.24, 2.45) is 17.6 Å². The molecule has 4 aromatic rings. The van der Waals surface area contributed by atoms with Crippen LogP contribution in [0.4, 0.5) is 11.4 Å². The number of para-hydroxylation sites is 2. The Balaban J connectivity index is 0. The second-order valence-electron chi connectivity index (χ2n) is 14.0. The molecule has 0 saturated carbocycles. The molecule has 0 fully saturated rings. The number of rotatable bonds is 22. The average molecular weight is 1050 g/mol. The standard InChI is InChI=1S/C12H10ClO3P.C11H24NO5P.C9H19NO2.2C6H5NO4.CH4/c13-17(14,15-11-7-3-1-4-8-11)16-12-9-5-2-6-10-12;1-6-10(7-2)8-17-11(13)9(3)12-18(14,15-4)16-5;1-4-8(5-2)6-12-9(11)7(3)10;2*8-7(9)5-1-3-6(11-10)4-2-5;/h1-10H;9-10H,6-8H2,1-5H3,(H,12,14);7-8H,4-6,10H2,1-3H3;2*1-4,10H;1H4/p-2/t;9-;7-;;;/m.00.../s1. The molecule has 22 nitrogen and oxygen atoms in total. The fraction of sp³-hybridized carbons (Fsp3) is 0.422. The van der Waals surface area contributed by atoms with E-state index in [1.807, 2.05) is 26.0 Å². The molecule has 0 radical (unpaired) electrons. The van der Waals surface area contributed by atoms with Gasteiger partial charge in [-0.1, -0.05) is 97.2 Å². The SMILES string of the molecule is C.CCC(CC)COC(=O)[C@H](C)N.CCC(CC)COC(=O)[C@H](C)NP(=O)(OC)OC.O=P(Cl)(Oc1ccccc1)Oc1ccccc1.O=[N+]([O-])c1ccc(O[O-])cc1.O=[N+]([O-])c1ccc(O[O-])cc1. The summed E-state index contributed by atoms with van der Waals surface area (Å²) in [6.45, 7) is 8.69. The van der Waals surface area contributed by atoms with Gasteiger partial charge in [-0.2, -0.15) is 0 Å². The van der Waals surface area contributed by atoms with Gasteiger partial charge in [0.2, 0.25) is 0 Å². The highest BCUT2D eigenvalue weighted by Gasteiger charge is 2.28. The molecule has 70 heavy (non-hydrogen) atoms. The van der Waals surface area contributed by atoms with Crippen molar-refractivity contribution in [3.8, 4) is 23.0 Å². The van der Waals surface area contributed by atoms with Crippen LogP contribution in [-0.2, 0) is 37.2 Å². The molecule has 0 amide bonds. The Morgan fingerprint density at radius 1 is 0.614 bits per heavy atom. The number of carbonyl (C=O) groups is 2. The lowest BCUT2D eigenvalue weighted by Gasteiger charge is -2.20. The van der Waals surface area contributed by atoms with E-state index in [0.717, 1.165) is 25.7 Å².